The van der Waals surface area contributed by atoms with Crippen LogP contribution in [0, 0.1) is 5.92 Å². The largest absolute Gasteiger partial charge is 0.345 e. The maximum absolute atomic E-state index is 5.03. The van der Waals surface area contributed by atoms with E-state index < -0.39 is 0 Å². The van der Waals surface area contributed by atoms with Gasteiger partial charge in [0.2, 0.25) is 0 Å². The molecule has 1 aromatic heterocycles. The molecule has 1 saturated carbocycles. The van der Waals surface area contributed by atoms with E-state index in [1.165, 1.54) is 60.8 Å². The highest BCUT2D eigenvalue weighted by molar-refractivity contribution is 7.15. The number of hydrogen-bond donors (Lipinski definition) is 1. The second kappa shape index (κ2) is 6.66. The topological polar surface area (TPSA) is 28.2 Å². The average molecular weight is 308 g/mol. The fraction of sp³-hybridized carbons (Fsp3) is 0.824. The summed E-state index contributed by atoms with van der Waals surface area (Å²) < 4.78 is 0. The second-order valence-electron chi connectivity index (χ2n) is 6.92. The molecule has 0 amide bonds. The Bertz CT molecular complexity index is 465. The molecular weight excluding hydrogens is 278 g/mol. The third-order valence-electron chi connectivity index (χ3n) is 4.57. The van der Waals surface area contributed by atoms with Crippen molar-refractivity contribution in [2.45, 2.75) is 71.4 Å². The Kier molecular flexibility index (Phi) is 4.85. The van der Waals surface area contributed by atoms with Crippen molar-refractivity contribution >= 4 is 16.5 Å². The van der Waals surface area contributed by atoms with Crippen LogP contribution in [0.2, 0.25) is 0 Å². The fourth-order valence-corrected chi connectivity index (χ4v) is 4.51. The summed E-state index contributed by atoms with van der Waals surface area (Å²) >= 11 is 1.96. The zero-order valence-corrected chi connectivity index (χ0v) is 14.5. The van der Waals surface area contributed by atoms with Crippen molar-refractivity contribution in [2.75, 3.05) is 18.0 Å². The number of aryl methyl sites for hydroxylation is 1. The number of aromatic nitrogens is 1. The predicted molar refractivity (Wildman–Crippen MR) is 91.3 cm³/mol. The molecule has 2 aliphatic rings. The van der Waals surface area contributed by atoms with Crippen LogP contribution in [0.25, 0.3) is 0 Å². The first kappa shape index (κ1) is 15.3. The molecule has 1 aromatic rings. The van der Waals surface area contributed by atoms with Gasteiger partial charge in [-0.1, -0.05) is 32.1 Å². The van der Waals surface area contributed by atoms with Gasteiger partial charge < -0.3 is 10.2 Å². The molecule has 0 bridgehead atoms. The van der Waals surface area contributed by atoms with Crippen LogP contribution in [0.4, 0.5) is 5.13 Å². The minimum absolute atomic E-state index is 0.552. The molecule has 0 radical (unpaired) electrons. The van der Waals surface area contributed by atoms with Crippen LogP contribution in [-0.2, 0) is 6.42 Å². The summed E-state index contributed by atoms with van der Waals surface area (Å²) in [6.07, 6.45) is 7.73. The van der Waals surface area contributed by atoms with Crippen LogP contribution < -0.4 is 10.2 Å². The van der Waals surface area contributed by atoms with Crippen molar-refractivity contribution in [3.8, 4) is 0 Å². The summed E-state index contributed by atoms with van der Waals surface area (Å²) in [5.74, 6) is 0.773. The Morgan fingerprint density at radius 3 is 2.81 bits per heavy atom. The maximum Gasteiger partial charge on any atom is 0.186 e. The molecule has 3 nitrogen and oxygen atoms in total. The standard InChI is InChI=1S/C17H29N3S/c1-4-18-14-6-5-7-15-16(14)21-17(19-15)20(13-8-9-13)11-10-12(2)3/h12-14,18H,4-11H2,1-3H3. The lowest BCUT2D eigenvalue weighted by Gasteiger charge is -2.22. The van der Waals surface area contributed by atoms with E-state index in [-0.39, 0.29) is 0 Å². The smallest absolute Gasteiger partial charge is 0.186 e. The highest BCUT2D eigenvalue weighted by Gasteiger charge is 2.33. The monoisotopic (exact) mass is 307 g/mol. The fourth-order valence-electron chi connectivity index (χ4n) is 3.19. The van der Waals surface area contributed by atoms with E-state index in [1.54, 1.807) is 0 Å². The minimum atomic E-state index is 0.552. The molecule has 1 atom stereocenters. The number of anilines is 1. The quantitative estimate of drug-likeness (QED) is 0.820. The van der Waals surface area contributed by atoms with E-state index in [4.69, 9.17) is 4.98 Å². The Balaban J connectivity index is 1.77. The highest BCUT2D eigenvalue weighted by atomic mass is 32.1. The number of nitrogens with zero attached hydrogens (tertiary/aromatic N) is 2. The number of rotatable bonds is 7. The van der Waals surface area contributed by atoms with E-state index in [0.717, 1.165) is 18.5 Å². The Labute approximate surface area is 133 Å². The van der Waals surface area contributed by atoms with Gasteiger partial charge in [-0.05, 0) is 51.0 Å². The zero-order valence-electron chi connectivity index (χ0n) is 13.7. The van der Waals surface area contributed by atoms with Gasteiger partial charge in [0.15, 0.2) is 5.13 Å². The summed E-state index contributed by atoms with van der Waals surface area (Å²) in [4.78, 5) is 9.15. The molecule has 0 aromatic carbocycles. The van der Waals surface area contributed by atoms with Crippen molar-refractivity contribution in [3.63, 3.8) is 0 Å². The van der Waals surface area contributed by atoms with Gasteiger partial charge >= 0.3 is 0 Å². The van der Waals surface area contributed by atoms with Crippen LogP contribution in [0.15, 0.2) is 0 Å². The molecule has 4 heteroatoms. The summed E-state index contributed by atoms with van der Waals surface area (Å²) in [5, 5.41) is 4.94. The molecular formula is C17H29N3S. The van der Waals surface area contributed by atoms with Crippen molar-refractivity contribution in [3.05, 3.63) is 10.6 Å². The number of thiazole rings is 1. The molecule has 1 N–H and O–H groups in total. The summed E-state index contributed by atoms with van der Waals surface area (Å²) in [6.45, 7) is 9.07. The summed E-state index contributed by atoms with van der Waals surface area (Å²) in [7, 11) is 0. The maximum atomic E-state index is 5.03. The van der Waals surface area contributed by atoms with E-state index in [0.29, 0.717) is 6.04 Å². The van der Waals surface area contributed by atoms with Crippen LogP contribution in [0.3, 0.4) is 0 Å². The van der Waals surface area contributed by atoms with Gasteiger partial charge in [-0.2, -0.15) is 0 Å². The molecule has 2 aliphatic carbocycles. The Morgan fingerprint density at radius 2 is 2.14 bits per heavy atom. The van der Waals surface area contributed by atoms with Crippen LogP contribution in [-0.4, -0.2) is 24.1 Å². The Hall–Kier alpha value is -0.610. The zero-order chi connectivity index (χ0) is 14.8. The van der Waals surface area contributed by atoms with Gasteiger partial charge in [0.05, 0.1) is 5.69 Å². The van der Waals surface area contributed by atoms with E-state index in [2.05, 4.69) is 31.0 Å². The third-order valence-corrected chi connectivity index (χ3v) is 5.82. The molecule has 1 unspecified atom stereocenters. The first-order chi connectivity index (χ1) is 10.2. The molecule has 21 heavy (non-hydrogen) atoms. The molecule has 0 spiro atoms. The van der Waals surface area contributed by atoms with Gasteiger partial charge in [0, 0.05) is 23.5 Å². The van der Waals surface area contributed by atoms with Gasteiger partial charge in [-0.3, -0.25) is 0 Å². The minimum Gasteiger partial charge on any atom is -0.345 e. The van der Waals surface area contributed by atoms with Crippen LogP contribution in [0.1, 0.15) is 69.5 Å². The van der Waals surface area contributed by atoms with Crippen LogP contribution in [0.5, 0.6) is 0 Å². The van der Waals surface area contributed by atoms with Crippen LogP contribution >= 0.6 is 11.3 Å². The molecule has 1 fully saturated rings. The first-order valence-corrected chi connectivity index (χ1v) is 9.50. The number of fused-ring (bicyclic) bond motifs is 1. The van der Waals surface area contributed by atoms with Gasteiger partial charge in [0.1, 0.15) is 0 Å². The van der Waals surface area contributed by atoms with Gasteiger partial charge in [-0.25, -0.2) is 4.98 Å². The SMILES string of the molecule is CCNC1CCCc2nc(N(CCC(C)C)C3CC3)sc21. The summed E-state index contributed by atoms with van der Waals surface area (Å²) in [6, 6.07) is 1.32. The lowest BCUT2D eigenvalue weighted by atomic mass is 9.98. The normalized spacial score (nSPS) is 21.6. The first-order valence-electron chi connectivity index (χ1n) is 8.68. The molecule has 118 valence electrons. The molecule has 1 heterocycles. The Morgan fingerprint density at radius 1 is 1.33 bits per heavy atom. The lowest BCUT2D eigenvalue weighted by molar-refractivity contribution is 0.476. The lowest BCUT2D eigenvalue weighted by Crippen LogP contribution is -2.27. The molecule has 3 rings (SSSR count). The average Bonchev–Trinajstić information content (AvgIpc) is 3.18. The molecule has 0 aliphatic heterocycles. The van der Waals surface area contributed by atoms with E-state index in [1.807, 2.05) is 11.3 Å². The van der Waals surface area contributed by atoms with Crippen molar-refractivity contribution < 1.29 is 0 Å². The molecule has 0 saturated heterocycles. The predicted octanol–water partition coefficient (Wildman–Crippen LogP) is 4.14. The number of nitrogens with one attached hydrogen (secondary N) is 1. The van der Waals surface area contributed by atoms with Crippen molar-refractivity contribution in [1.82, 2.24) is 10.3 Å². The van der Waals surface area contributed by atoms with Crippen molar-refractivity contribution in [2.24, 2.45) is 5.92 Å². The third kappa shape index (κ3) is 3.59. The van der Waals surface area contributed by atoms with E-state index >= 15 is 0 Å². The second-order valence-corrected chi connectivity index (χ2v) is 7.93. The summed E-state index contributed by atoms with van der Waals surface area (Å²) in [5.41, 5.74) is 1.38. The van der Waals surface area contributed by atoms with Crippen molar-refractivity contribution in [1.29, 1.82) is 0 Å². The van der Waals surface area contributed by atoms with Gasteiger partial charge in [-0.15, -0.1) is 0 Å². The number of hydrogen-bond acceptors (Lipinski definition) is 4. The van der Waals surface area contributed by atoms with Gasteiger partial charge in [0.25, 0.3) is 0 Å². The highest BCUT2D eigenvalue weighted by Crippen LogP contribution is 2.41. The van der Waals surface area contributed by atoms with E-state index in [9.17, 15) is 0 Å².